The summed E-state index contributed by atoms with van der Waals surface area (Å²) < 4.78 is 4.14. The van der Waals surface area contributed by atoms with Crippen molar-refractivity contribution < 1.29 is 0 Å². The minimum Gasteiger partial charge on any atom is -0.319 e. The molecule has 0 spiro atoms. The van der Waals surface area contributed by atoms with Crippen LogP contribution in [0.3, 0.4) is 0 Å². The van der Waals surface area contributed by atoms with Crippen molar-refractivity contribution in [2.45, 2.75) is 19.4 Å². The van der Waals surface area contributed by atoms with E-state index >= 15 is 0 Å². The summed E-state index contributed by atoms with van der Waals surface area (Å²) in [6.07, 6.45) is 2.80. The number of aryl methyl sites for hydroxylation is 3. The van der Waals surface area contributed by atoms with Crippen LogP contribution >= 0.6 is 15.9 Å². The highest BCUT2D eigenvalue weighted by atomic mass is 79.9. The van der Waals surface area contributed by atoms with E-state index in [0.29, 0.717) is 4.60 Å². The highest BCUT2D eigenvalue weighted by Gasteiger charge is 2.22. The molecule has 17 heavy (non-hydrogen) atoms. The number of hydrogen-bond donors (Lipinski definition) is 1. The Morgan fingerprint density at radius 1 is 1.47 bits per heavy atom. The number of hydrogen-bond acceptors (Lipinski definition) is 4. The summed E-state index contributed by atoms with van der Waals surface area (Å²) in [4.78, 5) is 0. The van der Waals surface area contributed by atoms with Crippen LogP contribution in [0.15, 0.2) is 10.8 Å². The summed E-state index contributed by atoms with van der Waals surface area (Å²) in [5.41, 5.74) is 9.14. The fraction of sp³-hybridized carbons (Fsp3) is 0.500. The Kier molecular flexibility index (Phi) is 3.30. The second-order valence-electron chi connectivity index (χ2n) is 3.93. The van der Waals surface area contributed by atoms with E-state index < -0.39 is 0 Å². The molecule has 0 saturated carbocycles. The second kappa shape index (κ2) is 4.58. The van der Waals surface area contributed by atoms with Gasteiger partial charge in [0.25, 0.3) is 0 Å². The SMILES string of the molecule is CCc1nn(C)cc1C(N)c1c(Br)nnn1C. The fourth-order valence-electron chi connectivity index (χ4n) is 1.90. The standard InChI is InChI=1S/C10H15BrN6/c1-4-7-6(5-16(2)14-7)8(12)9-10(11)13-15-17(9)3/h5,8H,4,12H2,1-3H3. The first-order chi connectivity index (χ1) is 8.04. The molecule has 0 saturated heterocycles. The van der Waals surface area contributed by atoms with E-state index in [0.717, 1.165) is 23.4 Å². The maximum atomic E-state index is 6.27. The quantitative estimate of drug-likeness (QED) is 0.914. The van der Waals surface area contributed by atoms with E-state index in [4.69, 9.17) is 5.73 Å². The summed E-state index contributed by atoms with van der Waals surface area (Å²) in [6, 6.07) is -0.270. The smallest absolute Gasteiger partial charge is 0.153 e. The Morgan fingerprint density at radius 2 is 2.18 bits per heavy atom. The van der Waals surface area contributed by atoms with Crippen molar-refractivity contribution in [2.75, 3.05) is 0 Å². The zero-order valence-electron chi connectivity index (χ0n) is 10.1. The van der Waals surface area contributed by atoms with Crippen LogP contribution in [0.1, 0.15) is 29.9 Å². The van der Waals surface area contributed by atoms with Crippen LogP contribution < -0.4 is 5.73 Å². The molecule has 2 aromatic rings. The lowest BCUT2D eigenvalue weighted by molar-refractivity contribution is 0.648. The third-order valence-electron chi connectivity index (χ3n) is 2.73. The first kappa shape index (κ1) is 12.3. The molecule has 2 N–H and O–H groups in total. The van der Waals surface area contributed by atoms with Crippen molar-refractivity contribution >= 4 is 15.9 Å². The van der Waals surface area contributed by atoms with Crippen LogP contribution in [-0.2, 0) is 20.5 Å². The first-order valence-corrected chi connectivity index (χ1v) is 6.17. The van der Waals surface area contributed by atoms with Crippen molar-refractivity contribution in [3.63, 3.8) is 0 Å². The zero-order valence-corrected chi connectivity index (χ0v) is 11.6. The fourth-order valence-corrected chi connectivity index (χ4v) is 2.48. The van der Waals surface area contributed by atoms with Gasteiger partial charge in [-0.1, -0.05) is 12.1 Å². The van der Waals surface area contributed by atoms with Crippen molar-refractivity contribution in [2.24, 2.45) is 19.8 Å². The van der Waals surface area contributed by atoms with Gasteiger partial charge in [-0.3, -0.25) is 4.68 Å². The van der Waals surface area contributed by atoms with Crippen LogP contribution in [0.25, 0.3) is 0 Å². The van der Waals surface area contributed by atoms with Gasteiger partial charge in [-0.2, -0.15) is 5.10 Å². The Morgan fingerprint density at radius 3 is 2.71 bits per heavy atom. The normalized spacial score (nSPS) is 13.0. The number of rotatable bonds is 3. The Labute approximate surface area is 108 Å². The van der Waals surface area contributed by atoms with Crippen LogP contribution in [-0.4, -0.2) is 24.8 Å². The molecule has 0 aliphatic carbocycles. The second-order valence-corrected chi connectivity index (χ2v) is 4.68. The first-order valence-electron chi connectivity index (χ1n) is 5.37. The lowest BCUT2D eigenvalue weighted by Gasteiger charge is -2.11. The van der Waals surface area contributed by atoms with E-state index in [-0.39, 0.29) is 6.04 Å². The predicted molar refractivity (Wildman–Crippen MR) is 67.3 cm³/mol. The topological polar surface area (TPSA) is 74.6 Å². The highest BCUT2D eigenvalue weighted by Crippen LogP contribution is 2.26. The van der Waals surface area contributed by atoms with Gasteiger partial charge in [0, 0.05) is 25.9 Å². The average Bonchev–Trinajstić information content (AvgIpc) is 2.82. The van der Waals surface area contributed by atoms with Crippen molar-refractivity contribution in [3.05, 3.63) is 27.8 Å². The molecule has 2 heterocycles. The monoisotopic (exact) mass is 298 g/mol. The summed E-state index contributed by atoms with van der Waals surface area (Å²) in [5, 5.41) is 12.3. The van der Waals surface area contributed by atoms with E-state index in [9.17, 15) is 0 Å². The third-order valence-corrected chi connectivity index (χ3v) is 3.29. The van der Waals surface area contributed by atoms with Gasteiger partial charge in [-0.15, -0.1) is 5.10 Å². The summed E-state index contributed by atoms with van der Waals surface area (Å²) in [7, 11) is 3.72. The van der Waals surface area contributed by atoms with Gasteiger partial charge in [-0.25, -0.2) is 4.68 Å². The van der Waals surface area contributed by atoms with Crippen molar-refractivity contribution in [1.29, 1.82) is 0 Å². The molecule has 0 bridgehead atoms. The summed E-state index contributed by atoms with van der Waals surface area (Å²) in [5.74, 6) is 0. The lowest BCUT2D eigenvalue weighted by atomic mass is 10.0. The lowest BCUT2D eigenvalue weighted by Crippen LogP contribution is -2.17. The van der Waals surface area contributed by atoms with Gasteiger partial charge < -0.3 is 5.73 Å². The predicted octanol–water partition coefficient (Wildman–Crippen LogP) is 0.922. The molecule has 0 amide bonds. The minimum atomic E-state index is -0.270. The van der Waals surface area contributed by atoms with Gasteiger partial charge in [-0.05, 0) is 22.4 Å². The van der Waals surface area contributed by atoms with E-state index in [1.54, 1.807) is 9.36 Å². The molecule has 1 atom stereocenters. The van der Waals surface area contributed by atoms with Gasteiger partial charge in [0.2, 0.25) is 0 Å². The summed E-state index contributed by atoms with van der Waals surface area (Å²) in [6.45, 7) is 2.06. The zero-order chi connectivity index (χ0) is 12.6. The average molecular weight is 299 g/mol. The maximum Gasteiger partial charge on any atom is 0.153 e. The van der Waals surface area contributed by atoms with Gasteiger partial charge in [0.05, 0.1) is 17.4 Å². The largest absolute Gasteiger partial charge is 0.319 e. The van der Waals surface area contributed by atoms with Crippen LogP contribution in [0, 0.1) is 0 Å². The molecule has 7 heteroatoms. The molecule has 1 unspecified atom stereocenters. The number of aromatic nitrogens is 5. The molecule has 0 fully saturated rings. The molecule has 0 aliphatic rings. The van der Waals surface area contributed by atoms with Crippen LogP contribution in [0.5, 0.6) is 0 Å². The van der Waals surface area contributed by atoms with Gasteiger partial charge in [0.15, 0.2) is 4.60 Å². The van der Waals surface area contributed by atoms with Crippen LogP contribution in [0.4, 0.5) is 0 Å². The molecule has 0 aliphatic heterocycles. The van der Waals surface area contributed by atoms with E-state index in [2.05, 4.69) is 38.3 Å². The highest BCUT2D eigenvalue weighted by molar-refractivity contribution is 9.10. The van der Waals surface area contributed by atoms with E-state index in [1.807, 2.05) is 20.3 Å². The summed E-state index contributed by atoms with van der Waals surface area (Å²) >= 11 is 3.37. The molecule has 2 aromatic heterocycles. The van der Waals surface area contributed by atoms with Crippen LogP contribution in [0.2, 0.25) is 0 Å². The molecule has 92 valence electrons. The van der Waals surface area contributed by atoms with Gasteiger partial charge in [0.1, 0.15) is 0 Å². The molecule has 0 radical (unpaired) electrons. The Hall–Kier alpha value is -1.21. The maximum absolute atomic E-state index is 6.27. The number of nitrogens with two attached hydrogens (primary N) is 1. The number of nitrogens with zero attached hydrogens (tertiary/aromatic N) is 5. The Balaban J connectivity index is 2.46. The third kappa shape index (κ3) is 2.12. The van der Waals surface area contributed by atoms with Crippen molar-refractivity contribution in [1.82, 2.24) is 24.8 Å². The molecule has 6 nitrogen and oxygen atoms in total. The number of halogens is 1. The molecular weight excluding hydrogens is 284 g/mol. The molecule has 2 rings (SSSR count). The van der Waals surface area contributed by atoms with Gasteiger partial charge >= 0.3 is 0 Å². The minimum absolute atomic E-state index is 0.270. The Bertz CT molecular complexity index is 509. The molecular formula is C10H15BrN6. The van der Waals surface area contributed by atoms with Crippen molar-refractivity contribution in [3.8, 4) is 0 Å². The molecule has 0 aromatic carbocycles. The van der Waals surface area contributed by atoms with E-state index in [1.165, 1.54) is 0 Å².